The van der Waals surface area contributed by atoms with E-state index in [1.807, 2.05) is 11.8 Å². The average Bonchev–Trinajstić information content (AvgIpc) is 2.28. The van der Waals surface area contributed by atoms with E-state index in [-0.39, 0.29) is 0 Å². The van der Waals surface area contributed by atoms with E-state index in [4.69, 9.17) is 4.74 Å². The van der Waals surface area contributed by atoms with E-state index in [1.165, 1.54) is 11.1 Å². The van der Waals surface area contributed by atoms with Crippen LogP contribution in [-0.2, 0) is 0 Å². The summed E-state index contributed by atoms with van der Waals surface area (Å²) in [4.78, 5) is 0. The second-order valence-corrected chi connectivity index (χ2v) is 5.87. The van der Waals surface area contributed by atoms with Gasteiger partial charge in [0.05, 0.1) is 0 Å². The minimum atomic E-state index is 0.367. The Kier molecular flexibility index (Phi) is 6.58. The Balaban J connectivity index is 2.45. The van der Waals surface area contributed by atoms with Crippen molar-refractivity contribution >= 4 is 11.8 Å². The minimum Gasteiger partial charge on any atom is -0.491 e. The Morgan fingerprint density at radius 1 is 1.17 bits per heavy atom. The summed E-state index contributed by atoms with van der Waals surface area (Å²) in [5.41, 5.74) is 2.42. The second-order valence-electron chi connectivity index (χ2n) is 4.96. The van der Waals surface area contributed by atoms with Gasteiger partial charge < -0.3 is 10.1 Å². The highest BCUT2D eigenvalue weighted by Gasteiger charge is 2.09. The van der Waals surface area contributed by atoms with Crippen molar-refractivity contribution in [1.82, 2.24) is 5.32 Å². The molecule has 0 saturated carbocycles. The first kappa shape index (κ1) is 15.4. The number of para-hydroxylation sites is 1. The maximum Gasteiger partial charge on any atom is 0.125 e. The molecule has 1 aromatic carbocycles. The van der Waals surface area contributed by atoms with Crippen molar-refractivity contribution in [3.63, 3.8) is 0 Å². The second kappa shape index (κ2) is 7.70. The van der Waals surface area contributed by atoms with Crippen LogP contribution in [0.2, 0.25) is 0 Å². The van der Waals surface area contributed by atoms with Gasteiger partial charge >= 0.3 is 0 Å². The number of rotatable bonds is 7. The zero-order valence-electron chi connectivity index (χ0n) is 12.1. The zero-order valence-corrected chi connectivity index (χ0v) is 12.9. The standard InChI is InChI=1S/C15H25NOS/c1-11-7-6-8-12(2)15(11)17-9-13(3)16-14(4)10-18-5/h6-8,13-14,16H,9-10H2,1-5H3/t13-,14-/m0/s1. The molecule has 18 heavy (non-hydrogen) atoms. The van der Waals surface area contributed by atoms with E-state index >= 15 is 0 Å². The molecular formula is C15H25NOS. The van der Waals surface area contributed by atoms with Crippen molar-refractivity contribution in [3.8, 4) is 5.75 Å². The topological polar surface area (TPSA) is 21.3 Å². The quantitative estimate of drug-likeness (QED) is 0.818. The summed E-state index contributed by atoms with van der Waals surface area (Å²) in [6, 6.07) is 7.15. The van der Waals surface area contributed by atoms with Gasteiger partial charge in [-0.1, -0.05) is 18.2 Å². The molecule has 2 atom stereocenters. The molecule has 0 amide bonds. The van der Waals surface area contributed by atoms with E-state index in [0.29, 0.717) is 18.7 Å². The third kappa shape index (κ3) is 4.91. The molecule has 0 aliphatic heterocycles. The first-order valence-corrected chi connectivity index (χ1v) is 7.88. The van der Waals surface area contributed by atoms with Crippen LogP contribution in [0.3, 0.4) is 0 Å². The maximum atomic E-state index is 5.94. The summed E-state index contributed by atoms with van der Waals surface area (Å²) in [6.07, 6.45) is 2.13. The van der Waals surface area contributed by atoms with Crippen LogP contribution in [-0.4, -0.2) is 30.7 Å². The van der Waals surface area contributed by atoms with Crippen molar-refractivity contribution in [2.75, 3.05) is 18.6 Å². The van der Waals surface area contributed by atoms with Gasteiger partial charge in [0.1, 0.15) is 12.4 Å². The highest BCUT2D eigenvalue weighted by atomic mass is 32.2. The first-order valence-electron chi connectivity index (χ1n) is 6.48. The fourth-order valence-electron chi connectivity index (χ4n) is 2.07. The highest BCUT2D eigenvalue weighted by Crippen LogP contribution is 2.22. The predicted molar refractivity (Wildman–Crippen MR) is 81.9 cm³/mol. The van der Waals surface area contributed by atoms with Gasteiger partial charge in [-0.2, -0.15) is 11.8 Å². The predicted octanol–water partition coefficient (Wildman–Crippen LogP) is 3.41. The molecule has 0 fully saturated rings. The minimum absolute atomic E-state index is 0.367. The molecule has 1 N–H and O–H groups in total. The van der Waals surface area contributed by atoms with Crippen molar-refractivity contribution < 1.29 is 4.74 Å². The van der Waals surface area contributed by atoms with Crippen LogP contribution in [0.15, 0.2) is 18.2 Å². The zero-order chi connectivity index (χ0) is 13.5. The number of hydrogen-bond donors (Lipinski definition) is 1. The molecule has 3 heteroatoms. The molecule has 102 valence electrons. The van der Waals surface area contributed by atoms with E-state index < -0.39 is 0 Å². The van der Waals surface area contributed by atoms with Gasteiger partial charge in [0.25, 0.3) is 0 Å². The van der Waals surface area contributed by atoms with Gasteiger partial charge in [0.2, 0.25) is 0 Å². The molecule has 1 aromatic rings. The van der Waals surface area contributed by atoms with Crippen LogP contribution in [0.1, 0.15) is 25.0 Å². The lowest BCUT2D eigenvalue weighted by atomic mass is 10.1. The summed E-state index contributed by atoms with van der Waals surface area (Å²) in [5, 5.41) is 3.54. The fourth-order valence-corrected chi connectivity index (χ4v) is 2.66. The Labute approximate surface area is 116 Å². The van der Waals surface area contributed by atoms with Gasteiger partial charge in [-0.25, -0.2) is 0 Å². The molecular weight excluding hydrogens is 242 g/mol. The summed E-state index contributed by atoms with van der Waals surface area (Å²) < 4.78 is 5.94. The molecule has 0 aromatic heterocycles. The van der Waals surface area contributed by atoms with Crippen LogP contribution < -0.4 is 10.1 Å². The van der Waals surface area contributed by atoms with E-state index in [9.17, 15) is 0 Å². The fraction of sp³-hybridized carbons (Fsp3) is 0.600. The normalized spacial score (nSPS) is 14.3. The summed E-state index contributed by atoms with van der Waals surface area (Å²) >= 11 is 1.87. The number of hydrogen-bond acceptors (Lipinski definition) is 3. The molecule has 0 radical (unpaired) electrons. The molecule has 0 bridgehead atoms. The highest BCUT2D eigenvalue weighted by molar-refractivity contribution is 7.98. The van der Waals surface area contributed by atoms with E-state index in [0.717, 1.165) is 11.5 Å². The summed E-state index contributed by atoms with van der Waals surface area (Å²) in [6.45, 7) is 9.29. The average molecular weight is 267 g/mol. The molecule has 0 aliphatic rings. The van der Waals surface area contributed by atoms with Crippen LogP contribution in [0.25, 0.3) is 0 Å². The Morgan fingerprint density at radius 2 is 1.78 bits per heavy atom. The van der Waals surface area contributed by atoms with Gasteiger partial charge in [0.15, 0.2) is 0 Å². The van der Waals surface area contributed by atoms with Crippen molar-refractivity contribution in [1.29, 1.82) is 0 Å². The van der Waals surface area contributed by atoms with Gasteiger partial charge in [-0.05, 0) is 45.1 Å². The number of thioether (sulfide) groups is 1. The monoisotopic (exact) mass is 267 g/mol. The first-order chi connectivity index (χ1) is 8.54. The molecule has 2 nitrogen and oxygen atoms in total. The number of ether oxygens (including phenoxy) is 1. The lowest BCUT2D eigenvalue weighted by Gasteiger charge is -2.21. The molecule has 0 unspecified atom stereocenters. The van der Waals surface area contributed by atoms with Gasteiger partial charge in [0, 0.05) is 17.8 Å². The molecule has 1 rings (SSSR count). The largest absolute Gasteiger partial charge is 0.491 e. The van der Waals surface area contributed by atoms with Crippen LogP contribution in [0.5, 0.6) is 5.75 Å². The van der Waals surface area contributed by atoms with Crippen molar-refractivity contribution in [3.05, 3.63) is 29.3 Å². The lowest BCUT2D eigenvalue weighted by molar-refractivity contribution is 0.263. The van der Waals surface area contributed by atoms with Crippen LogP contribution in [0.4, 0.5) is 0 Å². The third-order valence-corrected chi connectivity index (χ3v) is 3.71. The Hall–Kier alpha value is -0.670. The summed E-state index contributed by atoms with van der Waals surface area (Å²) in [7, 11) is 0. The van der Waals surface area contributed by atoms with Crippen molar-refractivity contribution in [2.45, 2.75) is 39.8 Å². The molecule has 0 aliphatic carbocycles. The smallest absolute Gasteiger partial charge is 0.125 e. The van der Waals surface area contributed by atoms with Gasteiger partial charge in [-0.15, -0.1) is 0 Å². The molecule has 0 heterocycles. The SMILES string of the molecule is CSC[C@H](C)N[C@@H](C)COc1c(C)cccc1C. The maximum absolute atomic E-state index is 5.94. The number of benzene rings is 1. The number of aryl methyl sites for hydroxylation is 2. The number of nitrogens with one attached hydrogen (secondary N) is 1. The van der Waals surface area contributed by atoms with E-state index in [1.54, 1.807) is 0 Å². The third-order valence-electron chi connectivity index (χ3n) is 2.87. The van der Waals surface area contributed by atoms with Crippen LogP contribution in [0, 0.1) is 13.8 Å². The van der Waals surface area contributed by atoms with Crippen molar-refractivity contribution in [2.24, 2.45) is 0 Å². The van der Waals surface area contributed by atoms with E-state index in [2.05, 4.69) is 57.5 Å². The Morgan fingerprint density at radius 3 is 2.33 bits per heavy atom. The van der Waals surface area contributed by atoms with Crippen LogP contribution >= 0.6 is 11.8 Å². The Bertz CT molecular complexity index is 347. The summed E-state index contributed by atoms with van der Waals surface area (Å²) in [5.74, 6) is 2.16. The lowest BCUT2D eigenvalue weighted by Crippen LogP contribution is -2.39. The molecule has 0 saturated heterocycles. The molecule has 0 spiro atoms. The van der Waals surface area contributed by atoms with Gasteiger partial charge in [-0.3, -0.25) is 0 Å².